The molecule has 4 aromatic rings. The lowest BCUT2D eigenvalue weighted by Crippen LogP contribution is -2.53. The van der Waals surface area contributed by atoms with Crippen molar-refractivity contribution >= 4 is 27.4 Å². The maximum Gasteiger partial charge on any atom is 0.104 e. The van der Waals surface area contributed by atoms with Gasteiger partial charge >= 0.3 is 0 Å². The Hall–Kier alpha value is -6.36. The second-order valence-electron chi connectivity index (χ2n) is 19.5. The molecule has 0 spiro atoms. The van der Waals surface area contributed by atoms with Crippen molar-refractivity contribution < 1.29 is 0 Å². The Labute approximate surface area is 371 Å². The van der Waals surface area contributed by atoms with Crippen LogP contribution in [-0.4, -0.2) is 33.8 Å². The molecule has 7 aliphatic carbocycles. The minimum atomic E-state index is -0.0591. The fraction of sp³-hybridized carbons (Fsp3) is 0.254. The second kappa shape index (κ2) is 14.3. The summed E-state index contributed by atoms with van der Waals surface area (Å²) >= 11 is 0. The predicted molar refractivity (Wildman–Crippen MR) is 261 cm³/mol. The van der Waals surface area contributed by atoms with E-state index >= 15 is 0 Å². The van der Waals surface area contributed by atoms with E-state index in [4.69, 9.17) is 0 Å². The Morgan fingerprint density at radius 3 is 2.49 bits per heavy atom. The number of nitrogens with one attached hydrogen (secondary N) is 2. The van der Waals surface area contributed by atoms with Crippen molar-refractivity contribution in [3.63, 3.8) is 0 Å². The van der Waals surface area contributed by atoms with Crippen molar-refractivity contribution in [2.24, 2.45) is 11.8 Å². The van der Waals surface area contributed by atoms with E-state index in [-0.39, 0.29) is 17.6 Å². The molecule has 7 unspecified atom stereocenters. The molecule has 0 fully saturated rings. The summed E-state index contributed by atoms with van der Waals surface area (Å²) in [5.41, 5.74) is 17.9. The monoisotopic (exact) mass is 818 g/mol. The number of para-hydroxylation sites is 1. The van der Waals surface area contributed by atoms with Gasteiger partial charge in [-0.15, -0.1) is 0 Å². The molecule has 0 bridgehead atoms. The van der Waals surface area contributed by atoms with Crippen molar-refractivity contribution in [3.05, 3.63) is 226 Å². The Morgan fingerprint density at radius 1 is 0.698 bits per heavy atom. The van der Waals surface area contributed by atoms with Crippen LogP contribution >= 0.6 is 0 Å². The highest BCUT2D eigenvalue weighted by molar-refractivity contribution is 6.10. The van der Waals surface area contributed by atoms with E-state index in [2.05, 4.69) is 210 Å². The zero-order valence-corrected chi connectivity index (χ0v) is 36.2. The minimum Gasteiger partial charge on any atom is -0.365 e. The van der Waals surface area contributed by atoms with Crippen molar-refractivity contribution in [1.82, 2.24) is 20.1 Å². The van der Waals surface area contributed by atoms with Gasteiger partial charge in [0, 0.05) is 39.7 Å². The largest absolute Gasteiger partial charge is 0.365 e. The first-order valence-corrected chi connectivity index (χ1v) is 23.5. The molecule has 3 heterocycles. The molecule has 2 N–H and O–H groups in total. The molecule has 4 heteroatoms. The Bertz CT molecular complexity index is 3060. The molecule has 7 atom stereocenters. The van der Waals surface area contributed by atoms with Gasteiger partial charge in [-0.25, -0.2) is 0 Å². The van der Waals surface area contributed by atoms with Crippen LogP contribution < -0.4 is 10.6 Å². The average molecular weight is 819 g/mol. The van der Waals surface area contributed by atoms with Crippen molar-refractivity contribution in [1.29, 1.82) is 0 Å². The minimum absolute atomic E-state index is 0.0365. The Morgan fingerprint density at radius 2 is 1.59 bits per heavy atom. The third-order valence-electron chi connectivity index (χ3n) is 15.8. The number of nitrogens with zero attached hydrogens (tertiary/aromatic N) is 2. The number of fused-ring (bicyclic) bond motifs is 9. The first-order valence-electron chi connectivity index (χ1n) is 23.5. The summed E-state index contributed by atoms with van der Waals surface area (Å²) in [6, 6.07) is 24.6. The maximum absolute atomic E-state index is 3.99. The van der Waals surface area contributed by atoms with Gasteiger partial charge in [0.2, 0.25) is 0 Å². The van der Waals surface area contributed by atoms with Crippen LogP contribution in [0, 0.1) is 11.8 Å². The van der Waals surface area contributed by atoms with Crippen LogP contribution in [-0.2, 0) is 5.41 Å². The quantitative estimate of drug-likeness (QED) is 0.210. The predicted octanol–water partition coefficient (Wildman–Crippen LogP) is 12.6. The number of hydrogen-bond acceptors (Lipinski definition) is 3. The molecule has 4 nitrogen and oxygen atoms in total. The summed E-state index contributed by atoms with van der Waals surface area (Å²) < 4.78 is 2.55. The van der Waals surface area contributed by atoms with E-state index < -0.39 is 0 Å². The summed E-state index contributed by atoms with van der Waals surface area (Å²) in [5, 5.41) is 10.6. The van der Waals surface area contributed by atoms with E-state index in [1.165, 1.54) is 77.7 Å². The molecule has 310 valence electrons. The lowest BCUT2D eigenvalue weighted by Gasteiger charge is -2.39. The van der Waals surface area contributed by atoms with Gasteiger partial charge < -0.3 is 14.8 Å². The first kappa shape index (κ1) is 37.2. The van der Waals surface area contributed by atoms with E-state index in [1.54, 1.807) is 5.70 Å². The molecule has 1 aromatic heterocycles. The molecule has 63 heavy (non-hydrogen) atoms. The summed E-state index contributed by atoms with van der Waals surface area (Å²) in [4.78, 5) is 2.73. The third kappa shape index (κ3) is 5.77. The number of hydrogen-bond donors (Lipinski definition) is 2. The smallest absolute Gasteiger partial charge is 0.104 e. The summed E-state index contributed by atoms with van der Waals surface area (Å²) in [7, 11) is 0. The van der Waals surface area contributed by atoms with Gasteiger partial charge in [0.1, 0.15) is 6.17 Å². The molecule has 2 aliphatic heterocycles. The van der Waals surface area contributed by atoms with Crippen LogP contribution in [0.3, 0.4) is 0 Å². The summed E-state index contributed by atoms with van der Waals surface area (Å²) in [6.07, 6.45) is 49.7. The van der Waals surface area contributed by atoms with Crippen LogP contribution in [0.4, 0.5) is 0 Å². The van der Waals surface area contributed by atoms with Gasteiger partial charge in [-0.2, -0.15) is 0 Å². The lowest BCUT2D eigenvalue weighted by molar-refractivity contribution is 0.244. The molecule has 13 rings (SSSR count). The van der Waals surface area contributed by atoms with Gasteiger partial charge in [0.25, 0.3) is 0 Å². The third-order valence-corrected chi connectivity index (χ3v) is 15.8. The molecule has 0 amide bonds. The van der Waals surface area contributed by atoms with Crippen molar-refractivity contribution in [2.75, 3.05) is 0 Å². The fourth-order valence-corrected chi connectivity index (χ4v) is 12.7. The highest BCUT2D eigenvalue weighted by atomic mass is 15.2. The summed E-state index contributed by atoms with van der Waals surface area (Å²) in [6.45, 7) is 4.95. The van der Waals surface area contributed by atoms with Gasteiger partial charge in [-0.3, -0.25) is 5.32 Å². The molecule has 3 aromatic carbocycles. The van der Waals surface area contributed by atoms with E-state index in [0.717, 1.165) is 32.1 Å². The molecule has 0 saturated heterocycles. The molecule has 9 aliphatic rings. The van der Waals surface area contributed by atoms with Crippen LogP contribution in [0.5, 0.6) is 0 Å². The van der Waals surface area contributed by atoms with Gasteiger partial charge in [-0.1, -0.05) is 166 Å². The zero-order valence-electron chi connectivity index (χ0n) is 36.2. The molecule has 0 radical (unpaired) electrons. The summed E-state index contributed by atoms with van der Waals surface area (Å²) in [5.74, 6) is 1.10. The second-order valence-corrected chi connectivity index (χ2v) is 19.5. The van der Waals surface area contributed by atoms with E-state index in [1.807, 2.05) is 0 Å². The highest BCUT2D eigenvalue weighted by Crippen LogP contribution is 2.55. The van der Waals surface area contributed by atoms with Crippen molar-refractivity contribution in [2.45, 2.75) is 81.6 Å². The Kier molecular flexibility index (Phi) is 8.47. The highest BCUT2D eigenvalue weighted by Gasteiger charge is 2.46. The average Bonchev–Trinajstić information content (AvgIpc) is 3.93. The van der Waals surface area contributed by atoms with Gasteiger partial charge in [0.15, 0.2) is 0 Å². The van der Waals surface area contributed by atoms with Crippen LogP contribution in [0.2, 0.25) is 0 Å². The van der Waals surface area contributed by atoms with Crippen LogP contribution in [0.15, 0.2) is 210 Å². The van der Waals surface area contributed by atoms with E-state index in [9.17, 15) is 0 Å². The standard InChI is InChI=1S/C59H54N4/c1-59(2)50-34-40(58-60-52-22-12-9-21-48(52)57(61-58)37-15-5-3-6-16-37)26-29-43(50)44-31-28-42(36-51(44)59)63-53-23-13-10-19-45(53)47-30-25-39(35-56(47)63)38-27-32-55-49(33-38)46-20-11-14-24-54(46)62(55)41-17-7-4-8-18-41/h3-5,7-15,17,19-26,28-31,33-36,41,43,46,50,52,54,58,60-61H,6,16,18,27,32H2,1-2H3. The number of allylic oxidation sites excluding steroid dienone is 15. The molecular formula is C59H54N4. The van der Waals surface area contributed by atoms with Crippen LogP contribution in [0.25, 0.3) is 33.1 Å². The normalized spacial score (nSPS) is 29.4. The number of aromatic nitrogens is 1. The number of rotatable bonds is 5. The number of benzene rings is 3. The Balaban J connectivity index is 0.857. The maximum atomic E-state index is 3.99. The zero-order chi connectivity index (χ0) is 41.8. The molecular weight excluding hydrogens is 765 g/mol. The lowest BCUT2D eigenvalue weighted by atomic mass is 9.73. The first-order chi connectivity index (χ1) is 31.0. The van der Waals surface area contributed by atoms with E-state index in [0.29, 0.717) is 29.8 Å². The van der Waals surface area contributed by atoms with Crippen molar-refractivity contribution in [3.8, 4) is 5.69 Å². The molecule has 0 saturated carbocycles. The SMILES string of the molecule is CC1(C)c2cc(-n3c4ccccc4c4ccc(C5=CC6=C(CC5)N(C5C=CC=CC5)C5C=CC=CC65)cc43)ccc2C2C=CC(C3NC(C4=CC=CCC4)=C4C=CC=CC4N3)=CC21. The van der Waals surface area contributed by atoms with Gasteiger partial charge in [0.05, 0.1) is 29.2 Å². The fourth-order valence-electron chi connectivity index (χ4n) is 12.7. The van der Waals surface area contributed by atoms with Gasteiger partial charge in [-0.05, 0) is 112 Å². The topological polar surface area (TPSA) is 32.2 Å². The van der Waals surface area contributed by atoms with Crippen LogP contribution in [0.1, 0.15) is 68.6 Å².